The fourth-order valence-electron chi connectivity index (χ4n) is 3.07. The molecule has 1 aliphatic rings. The van der Waals surface area contributed by atoms with E-state index in [1.165, 1.54) is 14.7 Å². The number of carbonyl (C=O) groups is 2. The number of hydrogen-bond donors (Lipinski definition) is 1. The molecule has 0 saturated carbocycles. The van der Waals surface area contributed by atoms with Gasteiger partial charge in [-0.1, -0.05) is 18.2 Å². The van der Waals surface area contributed by atoms with Crippen molar-refractivity contribution in [3.8, 4) is 0 Å². The van der Waals surface area contributed by atoms with Crippen LogP contribution in [0.3, 0.4) is 0 Å². The lowest BCUT2D eigenvalue weighted by atomic mass is 10.2. The van der Waals surface area contributed by atoms with Crippen LogP contribution >= 0.6 is 0 Å². The van der Waals surface area contributed by atoms with Gasteiger partial charge >= 0.3 is 12.1 Å². The van der Waals surface area contributed by atoms with Crippen molar-refractivity contribution >= 4 is 12.1 Å². The van der Waals surface area contributed by atoms with Crippen LogP contribution in [0, 0.1) is 0 Å². The highest BCUT2D eigenvalue weighted by atomic mass is 16.3. The van der Waals surface area contributed by atoms with Crippen molar-refractivity contribution in [2.24, 2.45) is 0 Å². The van der Waals surface area contributed by atoms with E-state index in [0.717, 1.165) is 57.8 Å². The van der Waals surface area contributed by atoms with Crippen LogP contribution in [-0.4, -0.2) is 57.9 Å². The molecule has 1 saturated heterocycles. The summed E-state index contributed by atoms with van der Waals surface area (Å²) in [6, 6.07) is -0.793. The average molecular weight is 378 g/mol. The predicted molar refractivity (Wildman–Crippen MR) is 109 cm³/mol. The van der Waals surface area contributed by atoms with Crippen LogP contribution in [0.15, 0.2) is 38.0 Å². The van der Waals surface area contributed by atoms with Gasteiger partial charge in [-0.15, -0.1) is 19.7 Å². The molecule has 1 fully saturated rings. The number of amides is 4. The molecule has 0 spiro atoms. The molecule has 27 heavy (non-hydrogen) atoms. The molecule has 152 valence electrons. The van der Waals surface area contributed by atoms with Gasteiger partial charge in [0.1, 0.15) is 0 Å². The summed E-state index contributed by atoms with van der Waals surface area (Å²) in [4.78, 5) is 29.7. The van der Waals surface area contributed by atoms with Crippen molar-refractivity contribution < 1.29 is 14.7 Å². The lowest BCUT2D eigenvalue weighted by Crippen LogP contribution is -2.66. The van der Waals surface area contributed by atoms with E-state index in [1.807, 2.05) is 18.2 Å². The summed E-state index contributed by atoms with van der Waals surface area (Å²) < 4.78 is 0. The molecule has 6 heteroatoms. The van der Waals surface area contributed by atoms with Crippen LogP contribution in [0.25, 0.3) is 0 Å². The first-order chi connectivity index (χ1) is 13.1. The molecule has 6 nitrogen and oxygen atoms in total. The summed E-state index contributed by atoms with van der Waals surface area (Å²) in [5.74, 6) is 0. The van der Waals surface area contributed by atoms with Gasteiger partial charge < -0.3 is 5.11 Å². The largest absolute Gasteiger partial charge is 0.356 e. The van der Waals surface area contributed by atoms with Gasteiger partial charge in [-0.3, -0.25) is 9.80 Å². The number of allylic oxidation sites excluding steroid dienone is 3. The Balaban J connectivity index is 2.78. The lowest BCUT2D eigenvalue weighted by Gasteiger charge is -2.44. The molecule has 1 heterocycles. The van der Waals surface area contributed by atoms with Crippen LogP contribution in [0.2, 0.25) is 0 Å². The molecule has 1 rings (SSSR count). The van der Waals surface area contributed by atoms with Gasteiger partial charge in [-0.05, 0) is 57.8 Å². The zero-order chi connectivity index (χ0) is 20.1. The molecule has 0 aromatic carbocycles. The number of nitrogens with zero attached hydrogens (tertiary/aromatic N) is 3. The van der Waals surface area contributed by atoms with E-state index in [2.05, 4.69) is 19.7 Å². The third-order valence-electron chi connectivity index (χ3n) is 4.67. The minimum Gasteiger partial charge on any atom is -0.356 e. The normalized spacial score (nSPS) is 15.4. The maximum Gasteiger partial charge on any atom is 0.331 e. The first-order valence-electron chi connectivity index (χ1n) is 9.98. The average Bonchev–Trinajstić information content (AvgIpc) is 2.66. The van der Waals surface area contributed by atoms with Crippen molar-refractivity contribution in [2.75, 3.05) is 19.6 Å². The molecule has 0 atom stereocenters. The van der Waals surface area contributed by atoms with Crippen LogP contribution in [-0.2, 0) is 0 Å². The monoisotopic (exact) mass is 377 g/mol. The summed E-state index contributed by atoms with van der Waals surface area (Å²) in [6.45, 7) is 12.3. The molecular weight excluding hydrogens is 342 g/mol. The highest BCUT2D eigenvalue weighted by Gasteiger charge is 2.42. The molecule has 0 radical (unpaired) electrons. The van der Waals surface area contributed by atoms with E-state index in [-0.39, 0.29) is 0 Å². The first-order valence-corrected chi connectivity index (χ1v) is 9.98. The smallest absolute Gasteiger partial charge is 0.331 e. The highest BCUT2D eigenvalue weighted by Crippen LogP contribution is 2.20. The summed E-state index contributed by atoms with van der Waals surface area (Å²) in [5.41, 5.74) is 0. The standard InChI is InChI=1S/C21H35N3O3/c1-4-7-10-13-16-22-19(25)23(17-14-11-8-5-2)21(27)24(20(22)26)18-15-12-9-6-3/h4-6,19,25H,1-3,7-18H2. The van der Waals surface area contributed by atoms with E-state index >= 15 is 0 Å². The Morgan fingerprint density at radius 2 is 1.07 bits per heavy atom. The number of imide groups is 1. The van der Waals surface area contributed by atoms with Gasteiger partial charge in [0.15, 0.2) is 0 Å². The van der Waals surface area contributed by atoms with Gasteiger partial charge in [-0.25, -0.2) is 14.5 Å². The second-order valence-electron chi connectivity index (χ2n) is 6.80. The third kappa shape index (κ3) is 7.21. The summed E-state index contributed by atoms with van der Waals surface area (Å²) in [7, 11) is 0. The second kappa shape index (κ2) is 13.1. The van der Waals surface area contributed by atoms with Gasteiger partial charge in [0.2, 0.25) is 6.35 Å². The lowest BCUT2D eigenvalue weighted by molar-refractivity contribution is -0.0936. The van der Waals surface area contributed by atoms with Gasteiger partial charge in [0.05, 0.1) is 0 Å². The van der Waals surface area contributed by atoms with Crippen LogP contribution in [0.5, 0.6) is 0 Å². The minimum atomic E-state index is -1.19. The highest BCUT2D eigenvalue weighted by molar-refractivity contribution is 5.95. The quantitative estimate of drug-likeness (QED) is 0.338. The number of unbranched alkanes of at least 4 members (excludes halogenated alkanes) is 6. The number of aliphatic hydroxyl groups excluding tert-OH is 1. The van der Waals surface area contributed by atoms with Gasteiger partial charge in [0.25, 0.3) is 0 Å². The molecule has 0 aliphatic carbocycles. The molecule has 0 unspecified atom stereocenters. The van der Waals surface area contributed by atoms with Gasteiger partial charge in [-0.2, -0.15) is 0 Å². The molecule has 4 amide bonds. The number of aliphatic hydroxyl groups is 1. The minimum absolute atomic E-state index is 0.366. The molecular formula is C21H35N3O3. The third-order valence-corrected chi connectivity index (χ3v) is 4.67. The zero-order valence-corrected chi connectivity index (χ0v) is 16.5. The zero-order valence-electron chi connectivity index (χ0n) is 16.5. The van der Waals surface area contributed by atoms with Crippen molar-refractivity contribution in [3.05, 3.63) is 38.0 Å². The van der Waals surface area contributed by atoms with E-state index in [9.17, 15) is 14.7 Å². The molecule has 0 aromatic heterocycles. The van der Waals surface area contributed by atoms with E-state index in [1.54, 1.807) is 0 Å². The van der Waals surface area contributed by atoms with Crippen molar-refractivity contribution in [1.29, 1.82) is 0 Å². The summed E-state index contributed by atoms with van der Waals surface area (Å²) in [6.07, 6.45) is 11.8. The van der Waals surface area contributed by atoms with E-state index in [4.69, 9.17) is 0 Å². The summed E-state index contributed by atoms with van der Waals surface area (Å²) >= 11 is 0. The van der Waals surface area contributed by atoms with Crippen LogP contribution in [0.1, 0.15) is 57.8 Å². The Morgan fingerprint density at radius 3 is 1.44 bits per heavy atom. The Bertz CT molecular complexity index is 471. The van der Waals surface area contributed by atoms with E-state index < -0.39 is 18.4 Å². The number of rotatable bonds is 15. The SMILES string of the molecule is C=CCCCCN1C(=O)N(CCCCC=C)C(O)N(CCCCC=C)C1=O. The summed E-state index contributed by atoms with van der Waals surface area (Å²) in [5, 5.41) is 10.6. The molecule has 1 aliphatic heterocycles. The predicted octanol–water partition coefficient (Wildman–Crippen LogP) is 4.49. The van der Waals surface area contributed by atoms with Gasteiger partial charge in [0, 0.05) is 19.6 Å². The molecule has 1 N–H and O–H groups in total. The number of urea groups is 2. The van der Waals surface area contributed by atoms with Crippen molar-refractivity contribution in [1.82, 2.24) is 14.7 Å². The fourth-order valence-corrected chi connectivity index (χ4v) is 3.07. The topological polar surface area (TPSA) is 64.1 Å². The van der Waals surface area contributed by atoms with Crippen LogP contribution in [0.4, 0.5) is 9.59 Å². The Morgan fingerprint density at radius 1 is 0.704 bits per heavy atom. The number of carbonyl (C=O) groups excluding carboxylic acids is 2. The molecule has 0 bridgehead atoms. The Kier molecular flexibility index (Phi) is 11.2. The van der Waals surface area contributed by atoms with Crippen LogP contribution < -0.4 is 0 Å². The van der Waals surface area contributed by atoms with E-state index in [0.29, 0.717) is 19.6 Å². The maximum absolute atomic E-state index is 12.8. The maximum atomic E-state index is 12.8. The second-order valence-corrected chi connectivity index (χ2v) is 6.80. The van der Waals surface area contributed by atoms with Crippen molar-refractivity contribution in [2.45, 2.75) is 64.1 Å². The number of hydrogen-bond acceptors (Lipinski definition) is 3. The first kappa shape index (κ1) is 23.0. The Labute approximate surface area is 163 Å². The fraction of sp³-hybridized carbons (Fsp3) is 0.619. The van der Waals surface area contributed by atoms with Crippen molar-refractivity contribution in [3.63, 3.8) is 0 Å². The Hall–Kier alpha value is -2.08. The molecule has 0 aromatic rings.